The molecule has 1 aliphatic heterocycles. The number of aliphatic hydroxyl groups is 1. The summed E-state index contributed by atoms with van der Waals surface area (Å²) in [6.45, 7) is 7.28. The Morgan fingerprint density at radius 3 is 2.54 bits per heavy atom. The molecule has 1 N–H and O–H groups in total. The van der Waals surface area contributed by atoms with Gasteiger partial charge in [0.25, 0.3) is 0 Å². The number of ketones is 2. The third-order valence-corrected chi connectivity index (χ3v) is 9.44. The van der Waals surface area contributed by atoms with E-state index in [9.17, 15) is 19.5 Å². The molecule has 5 rings (SSSR count). The summed E-state index contributed by atoms with van der Waals surface area (Å²) in [5.74, 6) is -4.23. The fourth-order valence-corrected chi connectivity index (χ4v) is 8.08. The van der Waals surface area contributed by atoms with Crippen molar-refractivity contribution in [3.8, 4) is 0 Å². The Bertz CT molecular complexity index is 1070. The fraction of sp³-hybridized carbons (Fsp3) is 0.731. The fourth-order valence-electron chi connectivity index (χ4n) is 8.08. The predicted octanol–water partition coefficient (Wildman–Crippen LogP) is 2.94. The van der Waals surface area contributed by atoms with E-state index >= 15 is 8.78 Å². The van der Waals surface area contributed by atoms with E-state index in [1.54, 1.807) is 20.8 Å². The van der Waals surface area contributed by atoms with Crippen molar-refractivity contribution >= 4 is 17.5 Å². The number of Topliss-reactive ketones (excluding diaryl/α,β-unsaturated/α-hetero) is 1. The minimum Gasteiger partial charge on any atom is -0.458 e. The molecule has 192 valence electrons. The first-order valence-electron chi connectivity index (χ1n) is 12.1. The summed E-state index contributed by atoms with van der Waals surface area (Å²) < 4.78 is 50.3. The molecule has 9 atom stereocenters. The number of carbonyl (C=O) groups is 3. The zero-order valence-corrected chi connectivity index (χ0v) is 20.6. The van der Waals surface area contributed by atoms with Gasteiger partial charge < -0.3 is 19.3 Å². The number of hydrogen-bond acceptors (Lipinski definition) is 7. The number of halogens is 2. The van der Waals surface area contributed by atoms with Gasteiger partial charge in [-0.3, -0.25) is 14.4 Å². The van der Waals surface area contributed by atoms with E-state index in [4.69, 9.17) is 14.2 Å². The SMILES string of the molecule is CC(=O)OCC(=O)[C@@]12OC(C)(C)OC1CC1C3CC(F)C4=CC(=O)C=C[C@]4(C)[C@@]3(F)C(O)C[C@@]12C. The molecular weight excluding hydrogens is 462 g/mol. The third-order valence-electron chi connectivity index (χ3n) is 9.44. The first-order valence-corrected chi connectivity index (χ1v) is 12.1. The predicted molar refractivity (Wildman–Crippen MR) is 118 cm³/mol. The lowest BCUT2D eigenvalue weighted by molar-refractivity contribution is -0.249. The molecule has 0 spiro atoms. The molecule has 0 aromatic heterocycles. The highest BCUT2D eigenvalue weighted by atomic mass is 19.1. The van der Waals surface area contributed by atoms with Gasteiger partial charge in [-0.2, -0.15) is 0 Å². The van der Waals surface area contributed by atoms with Gasteiger partial charge in [-0.25, -0.2) is 8.78 Å². The van der Waals surface area contributed by atoms with Gasteiger partial charge in [0.2, 0.25) is 5.78 Å². The summed E-state index contributed by atoms with van der Waals surface area (Å²) >= 11 is 0. The van der Waals surface area contributed by atoms with Gasteiger partial charge in [0.1, 0.15) is 6.17 Å². The molecule has 1 heterocycles. The van der Waals surface area contributed by atoms with Crippen LogP contribution in [0.2, 0.25) is 0 Å². The van der Waals surface area contributed by atoms with E-state index in [-0.39, 0.29) is 24.8 Å². The Balaban J connectivity index is 1.62. The lowest BCUT2D eigenvalue weighted by atomic mass is 9.44. The highest BCUT2D eigenvalue weighted by Crippen LogP contribution is 2.72. The molecule has 0 bridgehead atoms. The van der Waals surface area contributed by atoms with Crippen LogP contribution in [0, 0.1) is 22.7 Å². The van der Waals surface area contributed by atoms with Crippen molar-refractivity contribution in [1.82, 2.24) is 0 Å². The Morgan fingerprint density at radius 2 is 1.89 bits per heavy atom. The number of carbonyl (C=O) groups excluding carboxylic acids is 3. The summed E-state index contributed by atoms with van der Waals surface area (Å²) in [5, 5.41) is 11.5. The second-order valence-electron chi connectivity index (χ2n) is 11.6. The van der Waals surface area contributed by atoms with Gasteiger partial charge in [-0.15, -0.1) is 0 Å². The van der Waals surface area contributed by atoms with Crippen LogP contribution in [-0.4, -0.2) is 64.7 Å². The smallest absolute Gasteiger partial charge is 0.303 e. The Hall–Kier alpha value is -1.97. The molecule has 0 radical (unpaired) electrons. The minimum absolute atomic E-state index is 0.0406. The maximum absolute atomic E-state index is 17.3. The second-order valence-corrected chi connectivity index (χ2v) is 11.6. The minimum atomic E-state index is -2.27. The topological polar surface area (TPSA) is 99.1 Å². The molecule has 0 amide bonds. The van der Waals surface area contributed by atoms with Crippen LogP contribution in [0.15, 0.2) is 23.8 Å². The quantitative estimate of drug-likeness (QED) is 0.603. The summed E-state index contributed by atoms with van der Waals surface area (Å²) in [6.07, 6.45) is -0.345. The number of fused-ring (bicyclic) bond motifs is 7. The molecule has 4 aliphatic carbocycles. The number of hydrogen-bond donors (Lipinski definition) is 1. The maximum Gasteiger partial charge on any atom is 0.303 e. The largest absolute Gasteiger partial charge is 0.458 e. The van der Waals surface area contributed by atoms with Crippen LogP contribution in [0.25, 0.3) is 0 Å². The lowest BCUT2D eigenvalue weighted by Crippen LogP contribution is -2.71. The summed E-state index contributed by atoms with van der Waals surface area (Å²) in [4.78, 5) is 37.1. The molecule has 1 saturated heterocycles. The van der Waals surface area contributed by atoms with Gasteiger partial charge in [0.05, 0.1) is 12.2 Å². The van der Waals surface area contributed by atoms with E-state index in [2.05, 4.69) is 0 Å². The van der Waals surface area contributed by atoms with Crippen molar-refractivity contribution in [2.45, 2.75) is 89.3 Å². The van der Waals surface area contributed by atoms with Crippen molar-refractivity contribution in [3.05, 3.63) is 23.8 Å². The second kappa shape index (κ2) is 7.29. The Labute approximate surface area is 202 Å². The Morgan fingerprint density at radius 1 is 1.20 bits per heavy atom. The van der Waals surface area contributed by atoms with Crippen molar-refractivity contribution < 1.29 is 42.5 Å². The molecule has 4 fully saturated rings. The molecule has 5 aliphatic rings. The number of aliphatic hydroxyl groups excluding tert-OH is 1. The Kier molecular flexibility index (Phi) is 5.15. The van der Waals surface area contributed by atoms with Crippen LogP contribution in [0.3, 0.4) is 0 Å². The molecule has 9 heteroatoms. The zero-order valence-electron chi connectivity index (χ0n) is 20.6. The van der Waals surface area contributed by atoms with Crippen molar-refractivity contribution in [2.75, 3.05) is 6.61 Å². The molecule has 5 unspecified atom stereocenters. The molecule has 3 saturated carbocycles. The first kappa shape index (κ1) is 24.7. The molecule has 0 aromatic rings. The first-order chi connectivity index (χ1) is 16.1. The van der Waals surface area contributed by atoms with Crippen LogP contribution < -0.4 is 0 Å². The molecule has 0 aromatic carbocycles. The van der Waals surface area contributed by atoms with Crippen LogP contribution in [0.5, 0.6) is 0 Å². The number of allylic oxidation sites excluding steroid dienone is 4. The van der Waals surface area contributed by atoms with Gasteiger partial charge in [0, 0.05) is 23.7 Å². The third kappa shape index (κ3) is 2.95. The van der Waals surface area contributed by atoms with Gasteiger partial charge >= 0.3 is 5.97 Å². The van der Waals surface area contributed by atoms with Gasteiger partial charge in [0.15, 0.2) is 29.4 Å². The number of esters is 1. The van der Waals surface area contributed by atoms with Crippen LogP contribution >= 0.6 is 0 Å². The van der Waals surface area contributed by atoms with Gasteiger partial charge in [-0.1, -0.05) is 13.0 Å². The zero-order chi connectivity index (χ0) is 25.8. The number of alkyl halides is 2. The van der Waals surface area contributed by atoms with Gasteiger partial charge in [-0.05, 0) is 63.7 Å². The van der Waals surface area contributed by atoms with Crippen LogP contribution in [0.1, 0.15) is 53.9 Å². The van der Waals surface area contributed by atoms with E-state index in [0.717, 1.165) is 6.08 Å². The highest BCUT2D eigenvalue weighted by Gasteiger charge is 2.80. The number of ether oxygens (including phenoxy) is 3. The van der Waals surface area contributed by atoms with E-state index in [1.165, 1.54) is 26.0 Å². The van der Waals surface area contributed by atoms with Crippen molar-refractivity contribution in [1.29, 1.82) is 0 Å². The van der Waals surface area contributed by atoms with E-state index < -0.39 is 82.2 Å². The van der Waals surface area contributed by atoms with Crippen LogP contribution in [0.4, 0.5) is 8.78 Å². The molecule has 35 heavy (non-hydrogen) atoms. The lowest BCUT2D eigenvalue weighted by Gasteiger charge is -2.63. The monoisotopic (exact) mass is 494 g/mol. The summed E-state index contributed by atoms with van der Waals surface area (Å²) in [6, 6.07) is 0. The van der Waals surface area contributed by atoms with E-state index in [1.807, 2.05) is 0 Å². The average molecular weight is 495 g/mol. The summed E-state index contributed by atoms with van der Waals surface area (Å²) in [5.41, 5.74) is -6.46. The van der Waals surface area contributed by atoms with E-state index in [0.29, 0.717) is 0 Å². The average Bonchev–Trinajstić information content (AvgIpc) is 3.16. The van der Waals surface area contributed by atoms with Crippen molar-refractivity contribution in [2.24, 2.45) is 22.7 Å². The van der Waals surface area contributed by atoms with Crippen LogP contribution in [-0.2, 0) is 28.6 Å². The van der Waals surface area contributed by atoms with Crippen molar-refractivity contribution in [3.63, 3.8) is 0 Å². The maximum atomic E-state index is 17.3. The highest BCUT2D eigenvalue weighted by molar-refractivity contribution is 6.01. The number of rotatable bonds is 3. The summed E-state index contributed by atoms with van der Waals surface area (Å²) in [7, 11) is 0. The molecular formula is C26H32F2O7. The standard InChI is InChI=1S/C26H32F2O7/c1-13(29)33-12-20(32)26-21(34-22(2,3)35-26)10-15-16-9-18(27)17-8-14(30)6-7-23(17,4)25(16,28)19(31)11-24(15,26)5/h6-8,15-16,18-19,21,31H,9-12H2,1-5H3/t15?,16?,18?,19?,21?,23-,24-,25-,26+/m0/s1. The normalized spacial score (nSPS) is 49.4. The molecule has 7 nitrogen and oxygen atoms in total.